The Bertz CT molecular complexity index is 413. The lowest BCUT2D eigenvalue weighted by Gasteiger charge is -2.18. The second-order valence-electron chi connectivity index (χ2n) is 5.16. The van der Waals surface area contributed by atoms with E-state index in [9.17, 15) is 14.5 Å². The van der Waals surface area contributed by atoms with Gasteiger partial charge in [0, 0.05) is 18.3 Å². The SMILES string of the molecule is CC(C)(C)CCNc1ccc(F)c([N+](=O)[O-])c1. The van der Waals surface area contributed by atoms with E-state index in [1.54, 1.807) is 0 Å². The van der Waals surface area contributed by atoms with Crippen molar-refractivity contribution in [3.63, 3.8) is 0 Å². The Morgan fingerprint density at radius 2 is 2.06 bits per heavy atom. The van der Waals surface area contributed by atoms with Crippen molar-refractivity contribution < 1.29 is 9.31 Å². The third-order valence-corrected chi connectivity index (χ3v) is 2.35. The van der Waals surface area contributed by atoms with Crippen LogP contribution in [0, 0.1) is 21.3 Å². The molecule has 0 aliphatic carbocycles. The number of nitro benzene ring substituents is 1. The van der Waals surface area contributed by atoms with E-state index in [1.165, 1.54) is 12.1 Å². The number of benzene rings is 1. The van der Waals surface area contributed by atoms with E-state index in [0.29, 0.717) is 12.2 Å². The maximum atomic E-state index is 13.1. The largest absolute Gasteiger partial charge is 0.385 e. The van der Waals surface area contributed by atoms with Gasteiger partial charge in [0.1, 0.15) is 0 Å². The van der Waals surface area contributed by atoms with E-state index in [0.717, 1.165) is 12.5 Å². The Balaban J connectivity index is 2.67. The average molecular weight is 240 g/mol. The van der Waals surface area contributed by atoms with Crippen molar-refractivity contribution in [3.05, 3.63) is 34.1 Å². The third-order valence-electron chi connectivity index (χ3n) is 2.35. The highest BCUT2D eigenvalue weighted by atomic mass is 19.1. The van der Waals surface area contributed by atoms with E-state index in [1.807, 2.05) is 0 Å². The van der Waals surface area contributed by atoms with Crippen LogP contribution < -0.4 is 5.32 Å². The van der Waals surface area contributed by atoms with Gasteiger partial charge in [0.25, 0.3) is 0 Å². The number of halogens is 1. The topological polar surface area (TPSA) is 55.2 Å². The molecule has 5 heteroatoms. The summed E-state index contributed by atoms with van der Waals surface area (Å²) in [5.74, 6) is -0.809. The summed E-state index contributed by atoms with van der Waals surface area (Å²) < 4.78 is 13.1. The summed E-state index contributed by atoms with van der Waals surface area (Å²) in [6, 6.07) is 3.83. The number of hydrogen-bond donors (Lipinski definition) is 1. The summed E-state index contributed by atoms with van der Waals surface area (Å²) in [7, 11) is 0. The molecule has 1 aromatic carbocycles. The summed E-state index contributed by atoms with van der Waals surface area (Å²) in [6.07, 6.45) is 0.929. The zero-order chi connectivity index (χ0) is 13.1. The van der Waals surface area contributed by atoms with Crippen LogP contribution in [0.5, 0.6) is 0 Å². The van der Waals surface area contributed by atoms with Crippen LogP contribution in [0.4, 0.5) is 15.8 Å². The second kappa shape index (κ2) is 5.12. The first-order valence-electron chi connectivity index (χ1n) is 5.47. The lowest BCUT2D eigenvalue weighted by molar-refractivity contribution is -0.387. The lowest BCUT2D eigenvalue weighted by Crippen LogP contribution is -2.12. The molecule has 0 heterocycles. The Morgan fingerprint density at radius 1 is 1.41 bits per heavy atom. The van der Waals surface area contributed by atoms with Crippen molar-refractivity contribution in [2.45, 2.75) is 27.2 Å². The summed E-state index contributed by atoms with van der Waals surface area (Å²) >= 11 is 0. The standard InChI is InChI=1S/C12H17FN2O2/c1-12(2,3)6-7-14-9-4-5-10(13)11(8-9)15(16)17/h4-5,8,14H,6-7H2,1-3H3. The van der Waals surface area contributed by atoms with Crippen LogP contribution in [0.15, 0.2) is 18.2 Å². The molecule has 0 fully saturated rings. The van der Waals surface area contributed by atoms with E-state index in [4.69, 9.17) is 0 Å². The van der Waals surface area contributed by atoms with Crippen LogP contribution in [0.2, 0.25) is 0 Å². The fraction of sp³-hybridized carbons (Fsp3) is 0.500. The van der Waals surface area contributed by atoms with Crippen LogP contribution in [0.25, 0.3) is 0 Å². The molecule has 17 heavy (non-hydrogen) atoms. The van der Waals surface area contributed by atoms with Gasteiger partial charge in [-0.25, -0.2) is 0 Å². The van der Waals surface area contributed by atoms with Crippen LogP contribution in [0.3, 0.4) is 0 Å². The van der Waals surface area contributed by atoms with Crippen LogP contribution in [-0.4, -0.2) is 11.5 Å². The molecular weight excluding hydrogens is 223 g/mol. The van der Waals surface area contributed by atoms with Gasteiger partial charge in [-0.3, -0.25) is 10.1 Å². The molecular formula is C12H17FN2O2. The molecule has 1 rings (SSSR count). The maximum Gasteiger partial charge on any atom is 0.306 e. The quantitative estimate of drug-likeness (QED) is 0.646. The zero-order valence-electron chi connectivity index (χ0n) is 10.3. The van der Waals surface area contributed by atoms with Gasteiger partial charge in [0.05, 0.1) is 4.92 Å². The smallest absolute Gasteiger partial charge is 0.306 e. The normalized spacial score (nSPS) is 11.3. The highest BCUT2D eigenvalue weighted by Crippen LogP contribution is 2.23. The van der Waals surface area contributed by atoms with Gasteiger partial charge in [-0.2, -0.15) is 4.39 Å². The van der Waals surface area contributed by atoms with Crippen molar-refractivity contribution in [1.29, 1.82) is 0 Å². The number of hydrogen-bond acceptors (Lipinski definition) is 3. The predicted molar refractivity (Wildman–Crippen MR) is 65.6 cm³/mol. The summed E-state index contributed by atoms with van der Waals surface area (Å²) in [5, 5.41) is 13.6. The fourth-order valence-corrected chi connectivity index (χ4v) is 1.34. The average Bonchev–Trinajstić information content (AvgIpc) is 2.18. The molecule has 0 amide bonds. The molecule has 0 spiro atoms. The number of nitrogens with one attached hydrogen (secondary N) is 1. The summed E-state index contributed by atoms with van der Waals surface area (Å²) in [6.45, 7) is 7.04. The van der Waals surface area contributed by atoms with Gasteiger partial charge in [-0.1, -0.05) is 20.8 Å². The van der Waals surface area contributed by atoms with Crippen LogP contribution in [0.1, 0.15) is 27.2 Å². The molecule has 0 aliphatic heterocycles. The lowest BCUT2D eigenvalue weighted by atomic mass is 9.92. The minimum absolute atomic E-state index is 0.193. The molecule has 0 radical (unpaired) electrons. The number of nitro groups is 1. The van der Waals surface area contributed by atoms with Crippen molar-refractivity contribution in [1.82, 2.24) is 0 Å². The van der Waals surface area contributed by atoms with Gasteiger partial charge in [0.2, 0.25) is 5.82 Å². The molecule has 94 valence electrons. The molecule has 0 bridgehead atoms. The van der Waals surface area contributed by atoms with E-state index in [-0.39, 0.29) is 5.41 Å². The molecule has 0 unspecified atom stereocenters. The molecule has 4 nitrogen and oxygen atoms in total. The Hall–Kier alpha value is -1.65. The summed E-state index contributed by atoms with van der Waals surface area (Å²) in [4.78, 5) is 9.83. The number of anilines is 1. The van der Waals surface area contributed by atoms with Gasteiger partial charge in [-0.05, 0) is 24.0 Å². The van der Waals surface area contributed by atoms with E-state index < -0.39 is 16.4 Å². The van der Waals surface area contributed by atoms with Gasteiger partial charge >= 0.3 is 5.69 Å². The van der Waals surface area contributed by atoms with E-state index in [2.05, 4.69) is 26.1 Å². The number of nitrogens with zero attached hydrogens (tertiary/aromatic N) is 1. The van der Waals surface area contributed by atoms with Crippen molar-refractivity contribution in [3.8, 4) is 0 Å². The van der Waals surface area contributed by atoms with Crippen molar-refractivity contribution in [2.24, 2.45) is 5.41 Å². The zero-order valence-corrected chi connectivity index (χ0v) is 10.3. The van der Waals surface area contributed by atoms with E-state index >= 15 is 0 Å². The van der Waals surface area contributed by atoms with Crippen LogP contribution >= 0.6 is 0 Å². The molecule has 1 aromatic rings. The third kappa shape index (κ3) is 4.38. The molecule has 0 atom stereocenters. The molecule has 0 aromatic heterocycles. The van der Waals surface area contributed by atoms with Gasteiger partial charge in [-0.15, -0.1) is 0 Å². The second-order valence-corrected chi connectivity index (χ2v) is 5.16. The minimum Gasteiger partial charge on any atom is -0.385 e. The maximum absolute atomic E-state index is 13.1. The first-order valence-corrected chi connectivity index (χ1v) is 5.47. The van der Waals surface area contributed by atoms with Crippen molar-refractivity contribution >= 4 is 11.4 Å². The monoisotopic (exact) mass is 240 g/mol. The molecule has 0 aliphatic rings. The Labute approximate surface area is 100.0 Å². The van der Waals surface area contributed by atoms with Gasteiger partial charge in [0.15, 0.2) is 0 Å². The summed E-state index contributed by atoms with van der Waals surface area (Å²) in [5.41, 5.74) is 0.270. The highest BCUT2D eigenvalue weighted by molar-refractivity contribution is 5.51. The van der Waals surface area contributed by atoms with Crippen LogP contribution in [-0.2, 0) is 0 Å². The van der Waals surface area contributed by atoms with Crippen molar-refractivity contribution in [2.75, 3.05) is 11.9 Å². The molecule has 0 saturated carbocycles. The first-order chi connectivity index (χ1) is 7.79. The molecule has 0 saturated heterocycles. The highest BCUT2D eigenvalue weighted by Gasteiger charge is 2.14. The Kier molecular flexibility index (Phi) is 4.04. The Morgan fingerprint density at radius 3 is 2.59 bits per heavy atom. The first kappa shape index (κ1) is 13.4. The van der Waals surface area contributed by atoms with Gasteiger partial charge < -0.3 is 5.32 Å². The fourth-order valence-electron chi connectivity index (χ4n) is 1.34. The predicted octanol–water partition coefficient (Wildman–Crippen LogP) is 3.58. The molecule has 1 N–H and O–H groups in total. The minimum atomic E-state index is -0.809. The number of rotatable bonds is 4.